The number of methoxy groups -OCH3 is 1. The Balaban J connectivity index is 2.54. The Morgan fingerprint density at radius 1 is 1.47 bits per heavy atom. The lowest BCUT2D eigenvalue weighted by Crippen LogP contribution is -2.27. The summed E-state index contributed by atoms with van der Waals surface area (Å²) in [5, 5.41) is 2.39. The van der Waals surface area contributed by atoms with Gasteiger partial charge >= 0.3 is 5.51 Å². The number of benzene rings is 1. The lowest BCUT2D eigenvalue weighted by molar-refractivity contribution is -0.0327. The van der Waals surface area contributed by atoms with Crippen LogP contribution >= 0.6 is 11.8 Å². The number of alkyl halides is 3. The fraction of sp³-hybridized carbons (Fsp3) is 0.364. The van der Waals surface area contributed by atoms with Crippen molar-refractivity contribution in [3.05, 3.63) is 23.8 Å². The average molecular weight is 294 g/mol. The quantitative estimate of drug-likeness (QED) is 0.646. The minimum absolute atomic E-state index is 0.0868. The Morgan fingerprint density at radius 3 is 2.74 bits per heavy atom. The number of halogens is 3. The molecule has 3 N–H and O–H groups in total. The lowest BCUT2D eigenvalue weighted by Gasteiger charge is -2.10. The predicted octanol–water partition coefficient (Wildman–Crippen LogP) is 2.26. The molecule has 1 rings (SSSR count). The second-order valence-electron chi connectivity index (χ2n) is 3.51. The van der Waals surface area contributed by atoms with Crippen molar-refractivity contribution in [2.75, 3.05) is 25.1 Å². The molecule has 19 heavy (non-hydrogen) atoms. The van der Waals surface area contributed by atoms with Crippen LogP contribution in [0.5, 0.6) is 5.75 Å². The molecule has 8 heteroatoms. The second kappa shape index (κ2) is 6.55. The Bertz CT molecular complexity index is 452. The first kappa shape index (κ1) is 15.5. The first-order chi connectivity index (χ1) is 8.83. The van der Waals surface area contributed by atoms with E-state index < -0.39 is 11.4 Å². The predicted molar refractivity (Wildman–Crippen MR) is 68.3 cm³/mol. The molecule has 0 saturated carbocycles. The fourth-order valence-corrected chi connectivity index (χ4v) is 1.76. The second-order valence-corrected chi connectivity index (χ2v) is 4.67. The molecular formula is C11H13F3N2O2S. The number of nitrogen functional groups attached to an aromatic ring is 1. The number of rotatable bonds is 5. The van der Waals surface area contributed by atoms with Gasteiger partial charge in [-0.1, -0.05) is 0 Å². The maximum absolute atomic E-state index is 11.9. The third-order valence-corrected chi connectivity index (χ3v) is 2.86. The number of hydrogen-bond acceptors (Lipinski definition) is 4. The first-order valence-electron chi connectivity index (χ1n) is 5.26. The first-order valence-corrected chi connectivity index (χ1v) is 6.24. The molecule has 0 saturated heterocycles. The molecule has 0 aliphatic rings. The standard InChI is InChI=1S/C11H13F3N2O2S/c1-18-9-6-7(15)2-3-8(9)10(17)16-4-5-19-11(12,13)14/h2-3,6H,4-5,15H2,1H3,(H,16,17). The highest BCUT2D eigenvalue weighted by Gasteiger charge is 2.27. The van der Waals surface area contributed by atoms with Gasteiger partial charge in [0.2, 0.25) is 0 Å². The summed E-state index contributed by atoms with van der Waals surface area (Å²) in [6, 6.07) is 4.45. The van der Waals surface area contributed by atoms with E-state index in [0.717, 1.165) is 0 Å². The van der Waals surface area contributed by atoms with Gasteiger partial charge < -0.3 is 15.8 Å². The number of thioether (sulfide) groups is 1. The smallest absolute Gasteiger partial charge is 0.441 e. The molecule has 106 valence electrons. The van der Waals surface area contributed by atoms with E-state index in [2.05, 4.69) is 5.32 Å². The van der Waals surface area contributed by atoms with Crippen molar-refractivity contribution < 1.29 is 22.7 Å². The van der Waals surface area contributed by atoms with Crippen molar-refractivity contribution in [2.24, 2.45) is 0 Å². The minimum Gasteiger partial charge on any atom is -0.496 e. The molecule has 0 spiro atoms. The summed E-state index contributed by atoms with van der Waals surface area (Å²) in [6.07, 6.45) is 0. The Labute approximate surface area is 112 Å². The summed E-state index contributed by atoms with van der Waals surface area (Å²) in [4.78, 5) is 11.7. The van der Waals surface area contributed by atoms with Gasteiger partial charge in [-0.2, -0.15) is 13.2 Å². The molecule has 1 aromatic rings. The number of carbonyl (C=O) groups is 1. The zero-order chi connectivity index (χ0) is 14.5. The van der Waals surface area contributed by atoms with Crippen LogP contribution in [0.3, 0.4) is 0 Å². The fourth-order valence-electron chi connectivity index (χ4n) is 1.32. The number of hydrogen-bond donors (Lipinski definition) is 2. The maximum Gasteiger partial charge on any atom is 0.441 e. The van der Waals surface area contributed by atoms with E-state index in [1.165, 1.54) is 25.3 Å². The molecule has 1 aromatic carbocycles. The van der Waals surface area contributed by atoms with Crippen LogP contribution in [-0.4, -0.2) is 30.8 Å². The summed E-state index contributed by atoms with van der Waals surface area (Å²) in [5.74, 6) is -0.465. The zero-order valence-corrected chi connectivity index (χ0v) is 10.9. The summed E-state index contributed by atoms with van der Waals surface area (Å²) in [5.41, 5.74) is 1.91. The van der Waals surface area contributed by atoms with E-state index >= 15 is 0 Å². The van der Waals surface area contributed by atoms with Crippen molar-refractivity contribution in [1.82, 2.24) is 5.32 Å². The van der Waals surface area contributed by atoms with Gasteiger partial charge in [-0.3, -0.25) is 4.79 Å². The van der Waals surface area contributed by atoms with Gasteiger partial charge in [-0.25, -0.2) is 0 Å². The van der Waals surface area contributed by atoms with Crippen LogP contribution in [0.25, 0.3) is 0 Å². The molecule has 0 atom stereocenters. The third kappa shape index (κ3) is 5.29. The largest absolute Gasteiger partial charge is 0.496 e. The van der Waals surface area contributed by atoms with E-state index in [1.807, 2.05) is 0 Å². The highest BCUT2D eigenvalue weighted by molar-refractivity contribution is 8.00. The van der Waals surface area contributed by atoms with Crippen molar-refractivity contribution in [3.63, 3.8) is 0 Å². The van der Waals surface area contributed by atoms with Crippen molar-refractivity contribution >= 4 is 23.4 Å². The molecule has 0 heterocycles. The molecule has 0 bridgehead atoms. The average Bonchev–Trinajstić information content (AvgIpc) is 2.33. The number of nitrogens with two attached hydrogens (primary N) is 1. The molecule has 0 unspecified atom stereocenters. The SMILES string of the molecule is COc1cc(N)ccc1C(=O)NCCSC(F)(F)F. The van der Waals surface area contributed by atoms with Crippen LogP contribution < -0.4 is 15.8 Å². The Morgan fingerprint density at radius 2 is 2.16 bits per heavy atom. The van der Waals surface area contributed by atoms with Crippen LogP contribution in [0.2, 0.25) is 0 Å². The van der Waals surface area contributed by atoms with Crippen LogP contribution in [-0.2, 0) is 0 Å². The van der Waals surface area contributed by atoms with Gasteiger partial charge in [0.15, 0.2) is 0 Å². The van der Waals surface area contributed by atoms with E-state index in [0.29, 0.717) is 5.69 Å². The molecule has 0 aliphatic heterocycles. The zero-order valence-electron chi connectivity index (χ0n) is 10.1. The van der Waals surface area contributed by atoms with Crippen molar-refractivity contribution in [1.29, 1.82) is 0 Å². The molecule has 1 amide bonds. The van der Waals surface area contributed by atoms with E-state index in [-0.39, 0.29) is 35.4 Å². The highest BCUT2D eigenvalue weighted by Crippen LogP contribution is 2.29. The monoisotopic (exact) mass is 294 g/mol. The number of amides is 1. The lowest BCUT2D eigenvalue weighted by atomic mass is 10.1. The van der Waals surface area contributed by atoms with Crippen LogP contribution in [0, 0.1) is 0 Å². The summed E-state index contributed by atoms with van der Waals surface area (Å²) in [6.45, 7) is -0.0868. The van der Waals surface area contributed by atoms with Gasteiger partial charge in [0.05, 0.1) is 12.7 Å². The number of ether oxygens (including phenoxy) is 1. The number of anilines is 1. The molecule has 0 aromatic heterocycles. The minimum atomic E-state index is -4.29. The van der Waals surface area contributed by atoms with Crippen LogP contribution in [0.1, 0.15) is 10.4 Å². The van der Waals surface area contributed by atoms with Crippen LogP contribution in [0.4, 0.5) is 18.9 Å². The summed E-state index contributed by atoms with van der Waals surface area (Å²) in [7, 11) is 1.38. The summed E-state index contributed by atoms with van der Waals surface area (Å²) >= 11 is -0.183. The summed E-state index contributed by atoms with van der Waals surface area (Å²) < 4.78 is 40.6. The van der Waals surface area contributed by atoms with Gasteiger partial charge in [0.25, 0.3) is 5.91 Å². The van der Waals surface area contributed by atoms with Gasteiger partial charge in [-0.15, -0.1) is 0 Å². The molecule has 0 fully saturated rings. The normalized spacial score (nSPS) is 11.2. The van der Waals surface area contributed by atoms with Crippen molar-refractivity contribution in [3.8, 4) is 5.75 Å². The van der Waals surface area contributed by atoms with Gasteiger partial charge in [0, 0.05) is 24.1 Å². The number of carbonyl (C=O) groups excluding carboxylic acids is 1. The number of nitrogens with one attached hydrogen (secondary N) is 1. The van der Waals surface area contributed by atoms with E-state index in [1.54, 1.807) is 0 Å². The molecular weight excluding hydrogens is 281 g/mol. The van der Waals surface area contributed by atoms with Crippen LogP contribution in [0.15, 0.2) is 18.2 Å². The molecule has 0 radical (unpaired) electrons. The Kier molecular flexibility index (Phi) is 5.34. The van der Waals surface area contributed by atoms with Gasteiger partial charge in [0.1, 0.15) is 5.75 Å². The highest BCUT2D eigenvalue weighted by atomic mass is 32.2. The Hall–Kier alpha value is -1.57. The maximum atomic E-state index is 11.9. The van der Waals surface area contributed by atoms with E-state index in [9.17, 15) is 18.0 Å². The van der Waals surface area contributed by atoms with Gasteiger partial charge in [-0.05, 0) is 23.9 Å². The van der Waals surface area contributed by atoms with Crippen molar-refractivity contribution in [2.45, 2.75) is 5.51 Å². The molecule has 0 aliphatic carbocycles. The van der Waals surface area contributed by atoms with E-state index in [4.69, 9.17) is 10.5 Å². The topological polar surface area (TPSA) is 64.3 Å². The third-order valence-electron chi connectivity index (χ3n) is 2.12. The molecule has 4 nitrogen and oxygen atoms in total.